The van der Waals surface area contributed by atoms with E-state index in [0.717, 1.165) is 35.2 Å². The highest BCUT2D eigenvalue weighted by Gasteiger charge is 2.22. The molecule has 1 aromatic carbocycles. The molecule has 0 fully saturated rings. The quantitative estimate of drug-likeness (QED) is 0.666. The summed E-state index contributed by atoms with van der Waals surface area (Å²) in [6, 6.07) is 7.26. The lowest BCUT2D eigenvalue weighted by atomic mass is 10.2. The zero-order chi connectivity index (χ0) is 20.4. The van der Waals surface area contributed by atoms with Crippen LogP contribution in [0.4, 0.5) is 0 Å². The van der Waals surface area contributed by atoms with Crippen molar-refractivity contribution in [3.8, 4) is 5.69 Å². The van der Waals surface area contributed by atoms with Crippen LogP contribution in [0.25, 0.3) is 16.6 Å². The molecule has 7 nitrogen and oxygen atoms in total. The van der Waals surface area contributed by atoms with Crippen LogP contribution in [-0.4, -0.2) is 32.0 Å². The van der Waals surface area contributed by atoms with Gasteiger partial charge < -0.3 is 5.32 Å². The van der Waals surface area contributed by atoms with Crippen molar-refractivity contribution in [3.63, 3.8) is 0 Å². The van der Waals surface area contributed by atoms with Gasteiger partial charge in [0.1, 0.15) is 6.04 Å². The van der Waals surface area contributed by atoms with Crippen molar-refractivity contribution >= 4 is 16.8 Å². The molecule has 3 rings (SSSR count). The topological polar surface area (TPSA) is 81.8 Å². The van der Waals surface area contributed by atoms with Gasteiger partial charge in [-0.3, -0.25) is 9.59 Å². The molecular formula is C21H27N5O2. The van der Waals surface area contributed by atoms with Crippen LogP contribution in [-0.2, 0) is 4.79 Å². The second-order valence-electron chi connectivity index (χ2n) is 7.21. The molecule has 1 N–H and O–H groups in total. The maximum Gasteiger partial charge on any atom is 0.295 e. The number of hydrogen-bond donors (Lipinski definition) is 1. The molecule has 1 unspecified atom stereocenters. The van der Waals surface area contributed by atoms with Gasteiger partial charge in [0.25, 0.3) is 5.56 Å². The van der Waals surface area contributed by atoms with Crippen molar-refractivity contribution < 1.29 is 4.79 Å². The van der Waals surface area contributed by atoms with E-state index in [0.29, 0.717) is 17.8 Å². The molecule has 2 aromatic heterocycles. The third kappa shape index (κ3) is 3.56. The van der Waals surface area contributed by atoms with Crippen LogP contribution in [0, 0.1) is 20.8 Å². The van der Waals surface area contributed by atoms with Crippen molar-refractivity contribution in [1.82, 2.24) is 24.9 Å². The van der Waals surface area contributed by atoms with E-state index in [1.807, 2.05) is 45.0 Å². The lowest BCUT2D eigenvalue weighted by Gasteiger charge is -2.14. The van der Waals surface area contributed by atoms with Crippen molar-refractivity contribution in [2.24, 2.45) is 0 Å². The summed E-state index contributed by atoms with van der Waals surface area (Å²) in [6.07, 6.45) is 1.90. The Kier molecular flexibility index (Phi) is 5.63. The molecular weight excluding hydrogens is 354 g/mol. The second-order valence-corrected chi connectivity index (χ2v) is 7.21. The SMILES string of the molecule is CCCCNC(=O)C(C)n1nc(C)c2c(C)n(-c3ccc(C)cc3)nc2c1=O. The number of unbranched alkanes of at least 4 members (excludes halogenated alkanes) is 1. The minimum atomic E-state index is -0.697. The average Bonchev–Trinajstić information content (AvgIpc) is 3.03. The third-order valence-corrected chi connectivity index (χ3v) is 5.00. The Labute approximate surface area is 164 Å². The van der Waals surface area contributed by atoms with E-state index < -0.39 is 6.04 Å². The molecule has 0 aliphatic rings. The van der Waals surface area contributed by atoms with Crippen molar-refractivity contribution in [2.75, 3.05) is 6.54 Å². The fourth-order valence-corrected chi connectivity index (χ4v) is 3.30. The number of fused-ring (bicyclic) bond motifs is 1. The number of benzene rings is 1. The molecule has 1 amide bonds. The monoisotopic (exact) mass is 381 g/mol. The smallest absolute Gasteiger partial charge is 0.295 e. The number of amides is 1. The number of carbonyl (C=O) groups excluding carboxylic acids is 1. The molecule has 0 bridgehead atoms. The van der Waals surface area contributed by atoms with Crippen LogP contribution >= 0.6 is 0 Å². The zero-order valence-electron chi connectivity index (χ0n) is 17.1. The van der Waals surface area contributed by atoms with E-state index in [1.165, 1.54) is 4.68 Å². The normalized spacial score (nSPS) is 12.3. The summed E-state index contributed by atoms with van der Waals surface area (Å²) in [4.78, 5) is 25.5. The predicted octanol–water partition coefficient (Wildman–Crippen LogP) is 2.98. The Morgan fingerprint density at radius 2 is 1.82 bits per heavy atom. The van der Waals surface area contributed by atoms with Crippen LogP contribution in [0.15, 0.2) is 29.1 Å². The van der Waals surface area contributed by atoms with Crippen LogP contribution in [0.1, 0.15) is 49.7 Å². The summed E-state index contributed by atoms with van der Waals surface area (Å²) in [6.45, 7) is 10.1. The Morgan fingerprint density at radius 1 is 1.14 bits per heavy atom. The van der Waals surface area contributed by atoms with Crippen molar-refractivity contribution in [2.45, 2.75) is 53.5 Å². The first-order valence-corrected chi connectivity index (χ1v) is 9.68. The van der Waals surface area contributed by atoms with Gasteiger partial charge in [0.2, 0.25) is 5.91 Å². The fraction of sp³-hybridized carbons (Fsp3) is 0.429. The Balaban J connectivity index is 2.06. The predicted molar refractivity (Wildman–Crippen MR) is 110 cm³/mol. The molecule has 1 atom stereocenters. The van der Waals surface area contributed by atoms with Crippen LogP contribution in [0.2, 0.25) is 0 Å². The van der Waals surface area contributed by atoms with Gasteiger partial charge in [-0.05, 0) is 46.2 Å². The maximum absolute atomic E-state index is 13.1. The fourth-order valence-electron chi connectivity index (χ4n) is 3.30. The van der Waals surface area contributed by atoms with Gasteiger partial charge in [0.05, 0.1) is 22.5 Å². The number of rotatable bonds is 6. The summed E-state index contributed by atoms with van der Waals surface area (Å²) < 4.78 is 3.00. The number of aromatic nitrogens is 4. The Morgan fingerprint density at radius 3 is 2.46 bits per heavy atom. The molecule has 3 aromatic rings. The van der Waals surface area contributed by atoms with E-state index in [-0.39, 0.29) is 11.5 Å². The van der Waals surface area contributed by atoms with Gasteiger partial charge in [-0.1, -0.05) is 31.0 Å². The Bertz CT molecular complexity index is 1060. The third-order valence-electron chi connectivity index (χ3n) is 5.00. The molecule has 28 heavy (non-hydrogen) atoms. The highest BCUT2D eigenvalue weighted by Crippen LogP contribution is 2.22. The molecule has 0 saturated heterocycles. The zero-order valence-corrected chi connectivity index (χ0v) is 17.1. The molecule has 7 heteroatoms. The average molecular weight is 381 g/mol. The first kappa shape index (κ1) is 19.8. The summed E-state index contributed by atoms with van der Waals surface area (Å²) in [5, 5.41) is 12.6. The standard InChI is InChI=1S/C21H27N5O2/c1-6-7-12-22-20(27)16(5)26-21(28)19-18(14(3)23-26)15(4)25(24-19)17-10-8-13(2)9-11-17/h8-11,16H,6-7,12H2,1-5H3,(H,22,27). The van der Waals surface area contributed by atoms with E-state index in [4.69, 9.17) is 0 Å². The van der Waals surface area contributed by atoms with Gasteiger partial charge >= 0.3 is 0 Å². The maximum atomic E-state index is 13.1. The van der Waals surface area contributed by atoms with Gasteiger partial charge in [-0.25, -0.2) is 9.36 Å². The summed E-state index contributed by atoms with van der Waals surface area (Å²) in [7, 11) is 0. The first-order valence-electron chi connectivity index (χ1n) is 9.68. The second kappa shape index (κ2) is 7.96. The molecule has 0 aliphatic heterocycles. The number of nitrogens with one attached hydrogen (secondary N) is 1. The Hall–Kier alpha value is -2.96. The number of hydrogen-bond acceptors (Lipinski definition) is 4. The number of nitrogens with zero attached hydrogens (tertiary/aromatic N) is 4. The summed E-state index contributed by atoms with van der Waals surface area (Å²) in [5.74, 6) is -0.212. The van der Waals surface area contributed by atoms with E-state index in [9.17, 15) is 9.59 Å². The largest absolute Gasteiger partial charge is 0.354 e. The molecule has 2 heterocycles. The lowest BCUT2D eigenvalue weighted by molar-refractivity contribution is -0.124. The van der Waals surface area contributed by atoms with Crippen molar-refractivity contribution in [1.29, 1.82) is 0 Å². The van der Waals surface area contributed by atoms with E-state index in [2.05, 4.69) is 22.4 Å². The minimum absolute atomic E-state index is 0.212. The highest BCUT2D eigenvalue weighted by molar-refractivity contribution is 5.84. The van der Waals surface area contributed by atoms with E-state index in [1.54, 1.807) is 11.6 Å². The first-order chi connectivity index (χ1) is 13.3. The van der Waals surface area contributed by atoms with Crippen LogP contribution < -0.4 is 10.9 Å². The number of carbonyl (C=O) groups is 1. The lowest BCUT2D eigenvalue weighted by Crippen LogP contribution is -2.37. The molecule has 0 aliphatic carbocycles. The van der Waals surface area contributed by atoms with Gasteiger partial charge in [-0.2, -0.15) is 10.2 Å². The van der Waals surface area contributed by atoms with Gasteiger partial charge in [0, 0.05) is 6.54 Å². The number of aryl methyl sites for hydroxylation is 3. The van der Waals surface area contributed by atoms with Crippen molar-refractivity contribution in [3.05, 3.63) is 51.6 Å². The highest BCUT2D eigenvalue weighted by atomic mass is 16.2. The summed E-state index contributed by atoms with van der Waals surface area (Å²) in [5.41, 5.74) is 3.55. The molecule has 148 valence electrons. The molecule has 0 saturated carbocycles. The van der Waals surface area contributed by atoms with Crippen LogP contribution in [0.5, 0.6) is 0 Å². The summed E-state index contributed by atoms with van der Waals surface area (Å²) >= 11 is 0. The van der Waals surface area contributed by atoms with Gasteiger partial charge in [-0.15, -0.1) is 0 Å². The van der Waals surface area contributed by atoms with Gasteiger partial charge in [0.15, 0.2) is 5.52 Å². The molecule has 0 spiro atoms. The minimum Gasteiger partial charge on any atom is -0.354 e. The van der Waals surface area contributed by atoms with E-state index >= 15 is 0 Å². The molecule has 0 radical (unpaired) electrons. The van der Waals surface area contributed by atoms with Crippen LogP contribution in [0.3, 0.4) is 0 Å².